The van der Waals surface area contributed by atoms with Gasteiger partial charge in [-0.1, -0.05) is 41.6 Å². The molecule has 63 heavy (non-hydrogen) atoms. The number of halogens is 1. The zero-order valence-electron chi connectivity index (χ0n) is 35.1. The molecule has 6 N–H and O–H groups in total. The summed E-state index contributed by atoms with van der Waals surface area (Å²) in [4.78, 5) is 75.6. The molecule has 3 aromatic carbocycles. The summed E-state index contributed by atoms with van der Waals surface area (Å²) in [6.07, 6.45) is 8.15. The summed E-state index contributed by atoms with van der Waals surface area (Å²) < 4.78 is 0. The van der Waals surface area contributed by atoms with Crippen LogP contribution < -0.4 is 36.8 Å². The fourth-order valence-corrected chi connectivity index (χ4v) is 8.95. The van der Waals surface area contributed by atoms with Gasteiger partial charge in [0.05, 0.1) is 17.4 Å². The number of nitrogens with one attached hydrogen (secondary N) is 6. The van der Waals surface area contributed by atoms with E-state index in [1.165, 1.54) is 6.20 Å². The second-order valence-electron chi connectivity index (χ2n) is 16.4. The Morgan fingerprint density at radius 1 is 0.889 bits per heavy atom. The molecule has 0 radical (unpaired) electrons. The molecule has 15 nitrogen and oxygen atoms in total. The standard InChI is InChI=1S/C47H51ClN10O5/c1-49-44(61)36-9-2-3-11-39(36)54-42-38(48)27-51-47(56-42)53-33-16-18-34(19-17-33)57-25-22-30(23-26-57)43(60)52-32-14-12-31(13-15-32)50-24-5-4-7-29-8-6-10-35-37(29)28-58(46(35)63)40-20-21-41(59)55-45(40)62/h2-3,6,8-11,16-19,27,30-32,40,50H,5,12-15,20-26,28H2,1H3,(H,49,61)(H,52,60)(H,55,59,62)(H2,51,53,54,56)/t31-,32+,40?. The molecule has 326 valence electrons. The zero-order chi connectivity index (χ0) is 43.9. The molecule has 4 heterocycles. The minimum absolute atomic E-state index is 0.00531. The normalized spacial score (nSPS) is 20.0. The molecule has 3 aliphatic heterocycles. The van der Waals surface area contributed by atoms with Crippen molar-refractivity contribution in [3.8, 4) is 11.8 Å². The number of imide groups is 1. The van der Waals surface area contributed by atoms with Crippen molar-refractivity contribution in [1.29, 1.82) is 0 Å². The van der Waals surface area contributed by atoms with Gasteiger partial charge in [-0.15, -0.1) is 0 Å². The summed E-state index contributed by atoms with van der Waals surface area (Å²) in [6.45, 7) is 2.64. The van der Waals surface area contributed by atoms with Crippen LogP contribution in [0.2, 0.25) is 5.02 Å². The number of piperidine rings is 2. The molecular weight excluding hydrogens is 820 g/mol. The molecule has 1 aromatic heterocycles. The molecule has 0 spiro atoms. The van der Waals surface area contributed by atoms with Gasteiger partial charge in [0.25, 0.3) is 11.8 Å². The number of carbonyl (C=O) groups excluding carboxylic acids is 5. The summed E-state index contributed by atoms with van der Waals surface area (Å²) in [5.41, 5.74) is 5.11. The molecule has 5 amide bonds. The van der Waals surface area contributed by atoms with Gasteiger partial charge in [-0.25, -0.2) is 4.98 Å². The van der Waals surface area contributed by atoms with Crippen molar-refractivity contribution >= 4 is 70.0 Å². The van der Waals surface area contributed by atoms with Gasteiger partial charge in [-0.2, -0.15) is 4.98 Å². The molecule has 1 aliphatic carbocycles. The van der Waals surface area contributed by atoms with Crippen molar-refractivity contribution in [3.05, 3.63) is 100 Å². The maximum atomic E-state index is 13.3. The first kappa shape index (κ1) is 43.2. The van der Waals surface area contributed by atoms with E-state index in [0.717, 1.165) is 80.7 Å². The SMILES string of the molecule is CNC(=O)c1ccccc1Nc1nc(Nc2ccc(N3CCC(C(=O)N[C@H]4CC[C@@H](NCCC#Cc5cccc6c5CN(C5CCC(=O)NC5=O)C6=O)CC4)CC3)cc2)ncc1Cl. The Hall–Kier alpha value is -6.50. The van der Waals surface area contributed by atoms with E-state index >= 15 is 0 Å². The third-order valence-electron chi connectivity index (χ3n) is 12.3. The molecule has 1 saturated carbocycles. The number of amides is 5. The maximum Gasteiger partial charge on any atom is 0.255 e. The summed E-state index contributed by atoms with van der Waals surface area (Å²) in [6, 6.07) is 20.6. The topological polar surface area (TPSA) is 190 Å². The van der Waals surface area contributed by atoms with Gasteiger partial charge in [-0.3, -0.25) is 29.3 Å². The Morgan fingerprint density at radius 3 is 2.41 bits per heavy atom. The first-order valence-corrected chi connectivity index (χ1v) is 22.0. The van der Waals surface area contributed by atoms with Gasteiger partial charge in [-0.05, 0) is 99.0 Å². The van der Waals surface area contributed by atoms with E-state index in [1.807, 2.05) is 30.3 Å². The smallest absolute Gasteiger partial charge is 0.255 e. The van der Waals surface area contributed by atoms with Gasteiger partial charge < -0.3 is 36.4 Å². The molecule has 8 rings (SSSR count). The van der Waals surface area contributed by atoms with Crippen molar-refractivity contribution in [1.82, 2.24) is 36.1 Å². The van der Waals surface area contributed by atoms with Crippen LogP contribution in [0.3, 0.4) is 0 Å². The number of para-hydroxylation sites is 1. The molecule has 4 aliphatic rings. The lowest BCUT2D eigenvalue weighted by Crippen LogP contribution is -2.52. The Morgan fingerprint density at radius 2 is 1.65 bits per heavy atom. The lowest BCUT2D eigenvalue weighted by Gasteiger charge is -2.35. The van der Waals surface area contributed by atoms with Crippen LogP contribution in [0.5, 0.6) is 0 Å². The van der Waals surface area contributed by atoms with Gasteiger partial charge >= 0.3 is 0 Å². The minimum Gasteiger partial charge on any atom is -0.371 e. The van der Waals surface area contributed by atoms with Crippen LogP contribution in [0.1, 0.15) is 89.6 Å². The van der Waals surface area contributed by atoms with Crippen molar-refractivity contribution < 1.29 is 24.0 Å². The Kier molecular flexibility index (Phi) is 13.5. The minimum atomic E-state index is -0.649. The molecule has 2 saturated heterocycles. The highest BCUT2D eigenvalue weighted by atomic mass is 35.5. The highest BCUT2D eigenvalue weighted by Gasteiger charge is 2.39. The quantitative estimate of drug-likeness (QED) is 0.0607. The van der Waals surface area contributed by atoms with Gasteiger partial charge in [0.2, 0.25) is 23.7 Å². The number of fused-ring (bicyclic) bond motifs is 1. The van der Waals surface area contributed by atoms with Crippen LogP contribution in [-0.4, -0.2) is 89.2 Å². The van der Waals surface area contributed by atoms with Crippen molar-refractivity contribution in [2.24, 2.45) is 5.92 Å². The van der Waals surface area contributed by atoms with Crippen molar-refractivity contribution in [3.63, 3.8) is 0 Å². The van der Waals surface area contributed by atoms with E-state index in [4.69, 9.17) is 11.6 Å². The number of carbonyl (C=O) groups is 5. The highest BCUT2D eigenvalue weighted by Crippen LogP contribution is 2.31. The second kappa shape index (κ2) is 19.7. The Bertz CT molecular complexity index is 2440. The van der Waals surface area contributed by atoms with Crippen LogP contribution in [0.15, 0.2) is 72.9 Å². The van der Waals surface area contributed by atoms with Crippen LogP contribution in [0.4, 0.5) is 28.8 Å². The highest BCUT2D eigenvalue weighted by molar-refractivity contribution is 6.33. The molecule has 1 atom stereocenters. The van der Waals surface area contributed by atoms with E-state index in [2.05, 4.69) is 70.7 Å². The predicted octanol–water partition coefficient (Wildman–Crippen LogP) is 5.41. The largest absolute Gasteiger partial charge is 0.371 e. The van der Waals surface area contributed by atoms with Crippen LogP contribution in [-0.2, 0) is 20.9 Å². The fraction of sp³-hybridized carbons (Fsp3) is 0.383. The second-order valence-corrected chi connectivity index (χ2v) is 16.8. The van der Waals surface area contributed by atoms with E-state index < -0.39 is 11.9 Å². The average molecular weight is 871 g/mol. The van der Waals surface area contributed by atoms with Gasteiger partial charge in [0.15, 0.2) is 5.82 Å². The number of nitrogens with zero attached hydrogens (tertiary/aromatic N) is 4. The van der Waals surface area contributed by atoms with Crippen LogP contribution >= 0.6 is 11.6 Å². The molecule has 4 aromatic rings. The number of anilines is 5. The Balaban J connectivity index is 0.737. The number of aromatic nitrogens is 2. The third-order valence-corrected chi connectivity index (χ3v) is 12.6. The molecule has 16 heteroatoms. The Labute approximate surface area is 371 Å². The first-order chi connectivity index (χ1) is 30.6. The van der Waals surface area contributed by atoms with E-state index in [1.54, 1.807) is 36.2 Å². The number of hydrogen-bond donors (Lipinski definition) is 6. The fourth-order valence-electron chi connectivity index (χ4n) is 8.81. The number of benzene rings is 3. The summed E-state index contributed by atoms with van der Waals surface area (Å²) in [5, 5.41) is 18.7. The summed E-state index contributed by atoms with van der Waals surface area (Å²) in [7, 11) is 1.58. The molecule has 1 unspecified atom stereocenters. The predicted molar refractivity (Wildman–Crippen MR) is 241 cm³/mol. The van der Waals surface area contributed by atoms with E-state index in [0.29, 0.717) is 59.0 Å². The monoisotopic (exact) mass is 870 g/mol. The lowest BCUT2D eigenvalue weighted by atomic mass is 9.89. The maximum absolute atomic E-state index is 13.3. The van der Waals surface area contributed by atoms with E-state index in [-0.39, 0.29) is 42.0 Å². The lowest BCUT2D eigenvalue weighted by molar-refractivity contribution is -0.137. The number of rotatable bonds is 12. The third kappa shape index (κ3) is 10.2. The van der Waals surface area contributed by atoms with Gasteiger partial charge in [0, 0.05) is 86.6 Å². The van der Waals surface area contributed by atoms with Crippen LogP contribution in [0.25, 0.3) is 0 Å². The summed E-state index contributed by atoms with van der Waals surface area (Å²) >= 11 is 6.41. The molecule has 3 fully saturated rings. The summed E-state index contributed by atoms with van der Waals surface area (Å²) in [5.74, 6) is 6.22. The molecular formula is C47H51ClN10O5. The van der Waals surface area contributed by atoms with Crippen molar-refractivity contribution in [2.45, 2.75) is 82.5 Å². The van der Waals surface area contributed by atoms with E-state index in [9.17, 15) is 24.0 Å². The number of hydrogen-bond acceptors (Lipinski definition) is 11. The molecule has 0 bridgehead atoms. The first-order valence-electron chi connectivity index (χ1n) is 21.7. The van der Waals surface area contributed by atoms with Gasteiger partial charge in [0.1, 0.15) is 11.1 Å². The zero-order valence-corrected chi connectivity index (χ0v) is 35.9. The average Bonchev–Trinajstić information content (AvgIpc) is 3.64. The van der Waals surface area contributed by atoms with Crippen molar-refractivity contribution in [2.75, 3.05) is 42.2 Å². The van der Waals surface area contributed by atoms with Crippen LogP contribution in [0, 0.1) is 17.8 Å².